The van der Waals surface area contributed by atoms with Crippen LogP contribution in [0.5, 0.6) is 0 Å². The molecule has 4 rings (SSSR count). The molecule has 0 aliphatic heterocycles. The van der Waals surface area contributed by atoms with Crippen LogP contribution in [0, 0.1) is 0 Å². The zero-order valence-corrected chi connectivity index (χ0v) is 16.6. The number of aromatic nitrogens is 2. The Morgan fingerprint density at radius 2 is 1.81 bits per heavy atom. The molecule has 0 aliphatic carbocycles. The van der Waals surface area contributed by atoms with Gasteiger partial charge in [-0.05, 0) is 36.4 Å². The molecule has 0 fully saturated rings. The van der Waals surface area contributed by atoms with Crippen LogP contribution in [0.3, 0.4) is 0 Å². The van der Waals surface area contributed by atoms with Crippen molar-refractivity contribution in [2.24, 2.45) is 10.1 Å². The van der Waals surface area contributed by atoms with Gasteiger partial charge in [0.25, 0.3) is 0 Å². The van der Waals surface area contributed by atoms with Crippen molar-refractivity contribution < 1.29 is 0 Å². The number of benzene rings is 2. The molecule has 132 valence electrons. The second-order valence-corrected chi connectivity index (χ2v) is 7.42. The van der Waals surface area contributed by atoms with Crippen LogP contribution in [-0.2, 0) is 0 Å². The molecule has 4 nitrogen and oxygen atoms in total. The van der Waals surface area contributed by atoms with E-state index in [2.05, 4.69) is 43.5 Å². The van der Waals surface area contributed by atoms with Crippen molar-refractivity contribution in [2.45, 2.75) is 0 Å². The molecule has 0 amide bonds. The summed E-state index contributed by atoms with van der Waals surface area (Å²) in [6.45, 7) is 0. The molecule has 0 unspecified atom stereocenters. The quantitative estimate of drug-likeness (QED) is 0.391. The summed E-state index contributed by atoms with van der Waals surface area (Å²) in [5.74, 6) is 0. The summed E-state index contributed by atoms with van der Waals surface area (Å²) >= 11 is 5.10. The third-order valence-corrected chi connectivity index (χ3v) is 5.09. The van der Waals surface area contributed by atoms with E-state index >= 15 is 0 Å². The van der Waals surface area contributed by atoms with Gasteiger partial charge in [0.05, 0.1) is 23.3 Å². The third-order valence-electron chi connectivity index (χ3n) is 3.78. The smallest absolute Gasteiger partial charge is 0.211 e. The van der Waals surface area contributed by atoms with Crippen LogP contribution in [0.25, 0.3) is 11.3 Å². The van der Waals surface area contributed by atoms with Crippen LogP contribution >= 0.6 is 27.3 Å². The van der Waals surface area contributed by atoms with Gasteiger partial charge < -0.3 is 0 Å². The molecule has 0 aliphatic rings. The number of pyridine rings is 1. The lowest BCUT2D eigenvalue weighted by Gasteiger charge is -2.04. The van der Waals surface area contributed by atoms with Crippen molar-refractivity contribution in [3.63, 3.8) is 0 Å². The largest absolute Gasteiger partial charge is 0.255 e. The van der Waals surface area contributed by atoms with Crippen LogP contribution in [0.15, 0.2) is 98.9 Å². The van der Waals surface area contributed by atoms with E-state index in [9.17, 15) is 0 Å². The highest BCUT2D eigenvalue weighted by Crippen LogP contribution is 2.24. The normalized spacial score (nSPS) is 12.0. The summed E-state index contributed by atoms with van der Waals surface area (Å²) in [6, 6.07) is 23.8. The summed E-state index contributed by atoms with van der Waals surface area (Å²) in [6.07, 6.45) is 3.50. The lowest BCUT2D eigenvalue weighted by molar-refractivity contribution is 0.853. The lowest BCUT2D eigenvalue weighted by atomic mass is 10.2. The van der Waals surface area contributed by atoms with Crippen LogP contribution in [0.1, 0.15) is 5.69 Å². The van der Waals surface area contributed by atoms with Crippen molar-refractivity contribution in [2.75, 3.05) is 0 Å². The molecule has 0 saturated carbocycles. The molecule has 2 aromatic carbocycles. The van der Waals surface area contributed by atoms with Gasteiger partial charge in [-0.1, -0.05) is 52.3 Å². The number of hydrogen-bond acceptors (Lipinski definition) is 4. The Hall–Kier alpha value is -2.83. The summed E-state index contributed by atoms with van der Waals surface area (Å²) in [5, 5.41) is 6.74. The van der Waals surface area contributed by atoms with Crippen LogP contribution in [0.4, 0.5) is 5.69 Å². The first-order valence-corrected chi connectivity index (χ1v) is 9.98. The number of hydrogen-bond donors (Lipinski definition) is 0. The minimum Gasteiger partial charge on any atom is -0.255 e. The van der Waals surface area contributed by atoms with E-state index in [1.807, 2.05) is 65.3 Å². The van der Waals surface area contributed by atoms with Crippen molar-refractivity contribution in [3.05, 3.63) is 99.3 Å². The van der Waals surface area contributed by atoms with Crippen LogP contribution < -0.4 is 4.80 Å². The number of thiazole rings is 1. The summed E-state index contributed by atoms with van der Waals surface area (Å²) in [4.78, 5) is 9.86. The monoisotopic (exact) mass is 434 g/mol. The molecule has 4 aromatic rings. The highest BCUT2D eigenvalue weighted by atomic mass is 79.9. The fourth-order valence-corrected chi connectivity index (χ4v) is 3.77. The highest BCUT2D eigenvalue weighted by molar-refractivity contribution is 9.10. The van der Waals surface area contributed by atoms with E-state index < -0.39 is 0 Å². The van der Waals surface area contributed by atoms with E-state index in [1.54, 1.807) is 23.7 Å². The summed E-state index contributed by atoms with van der Waals surface area (Å²) in [7, 11) is 0. The zero-order chi connectivity index (χ0) is 18.5. The molecule has 0 spiro atoms. The average molecular weight is 435 g/mol. The first-order chi connectivity index (χ1) is 13.3. The maximum absolute atomic E-state index is 4.76. The highest BCUT2D eigenvalue weighted by Gasteiger charge is 2.08. The number of rotatable bonds is 4. The van der Waals surface area contributed by atoms with Crippen molar-refractivity contribution in [3.8, 4) is 11.3 Å². The third kappa shape index (κ3) is 4.30. The van der Waals surface area contributed by atoms with Crippen LogP contribution in [0.2, 0.25) is 0 Å². The first kappa shape index (κ1) is 17.6. The van der Waals surface area contributed by atoms with Gasteiger partial charge in [-0.15, -0.1) is 11.3 Å². The molecule has 0 bridgehead atoms. The molecule has 0 N–H and O–H groups in total. The van der Waals surface area contributed by atoms with Crippen molar-refractivity contribution in [1.82, 2.24) is 9.66 Å². The maximum atomic E-state index is 4.76. The van der Waals surface area contributed by atoms with Gasteiger partial charge in [-0.25, -0.2) is 9.67 Å². The number of halogens is 1. The predicted molar refractivity (Wildman–Crippen MR) is 114 cm³/mol. The van der Waals surface area contributed by atoms with Gasteiger partial charge in [0.15, 0.2) is 0 Å². The Morgan fingerprint density at radius 1 is 0.963 bits per heavy atom. The topological polar surface area (TPSA) is 42.5 Å². The molecule has 6 heteroatoms. The molecular weight excluding hydrogens is 420 g/mol. The van der Waals surface area contributed by atoms with E-state index in [0.717, 1.165) is 31.9 Å². The molecule has 27 heavy (non-hydrogen) atoms. The van der Waals surface area contributed by atoms with Crippen LogP contribution in [-0.4, -0.2) is 15.9 Å². The predicted octanol–water partition coefficient (Wildman–Crippen LogP) is 5.49. The van der Waals surface area contributed by atoms with E-state index in [0.29, 0.717) is 0 Å². The van der Waals surface area contributed by atoms with Gasteiger partial charge in [-0.2, -0.15) is 5.10 Å². The Labute approximate surface area is 169 Å². The number of para-hydroxylation sites is 1. The Morgan fingerprint density at radius 3 is 2.59 bits per heavy atom. The minimum atomic E-state index is 0.794. The van der Waals surface area contributed by atoms with Gasteiger partial charge in [-0.3, -0.25) is 4.98 Å². The molecule has 0 radical (unpaired) electrons. The molecule has 2 heterocycles. The Bertz CT molecular complexity index is 1130. The van der Waals surface area contributed by atoms with E-state index in [-0.39, 0.29) is 0 Å². The standard InChI is InChI=1S/C21H15BrN4S/c22-17-8-6-7-16(13-17)20-15-27-21(25-18-9-2-1-3-10-18)26(20)24-14-19-11-4-5-12-23-19/h1-15H/b24-14+,25-21?. The lowest BCUT2D eigenvalue weighted by Crippen LogP contribution is -2.11. The van der Waals surface area contributed by atoms with E-state index in [4.69, 9.17) is 4.99 Å². The average Bonchev–Trinajstić information content (AvgIpc) is 3.10. The van der Waals surface area contributed by atoms with Gasteiger partial charge in [0.2, 0.25) is 4.80 Å². The van der Waals surface area contributed by atoms with Gasteiger partial charge >= 0.3 is 0 Å². The second-order valence-electron chi connectivity index (χ2n) is 5.67. The fraction of sp³-hybridized carbons (Fsp3) is 0. The fourth-order valence-electron chi connectivity index (χ4n) is 2.52. The Balaban J connectivity index is 1.85. The Kier molecular flexibility index (Phi) is 5.37. The SMILES string of the molecule is Brc1cccc(-c2csc(=Nc3ccccc3)n2/N=C/c2ccccn2)c1. The molecule has 2 aromatic heterocycles. The van der Waals surface area contributed by atoms with Crippen molar-refractivity contribution in [1.29, 1.82) is 0 Å². The number of nitrogens with zero attached hydrogens (tertiary/aromatic N) is 4. The minimum absolute atomic E-state index is 0.794. The summed E-state index contributed by atoms with van der Waals surface area (Å²) in [5.41, 5.74) is 3.72. The van der Waals surface area contributed by atoms with Gasteiger partial charge in [0.1, 0.15) is 0 Å². The maximum Gasteiger partial charge on any atom is 0.211 e. The first-order valence-electron chi connectivity index (χ1n) is 8.31. The molecule has 0 saturated heterocycles. The van der Waals surface area contributed by atoms with Gasteiger partial charge in [0, 0.05) is 21.6 Å². The zero-order valence-electron chi connectivity index (χ0n) is 14.2. The molecular formula is C21H15BrN4S. The second kappa shape index (κ2) is 8.24. The summed E-state index contributed by atoms with van der Waals surface area (Å²) < 4.78 is 2.88. The molecule has 0 atom stereocenters. The van der Waals surface area contributed by atoms with E-state index in [1.165, 1.54) is 0 Å². The van der Waals surface area contributed by atoms with Crippen molar-refractivity contribution >= 4 is 39.2 Å².